The van der Waals surface area contributed by atoms with Crippen LogP contribution in [0.3, 0.4) is 0 Å². The molecule has 1 unspecified atom stereocenters. The van der Waals surface area contributed by atoms with E-state index in [9.17, 15) is 4.39 Å². The zero-order chi connectivity index (χ0) is 13.2. The smallest absolute Gasteiger partial charge is 0.125 e. The molecule has 19 heavy (non-hydrogen) atoms. The Labute approximate surface area is 113 Å². The van der Waals surface area contributed by atoms with Gasteiger partial charge in [-0.2, -0.15) is 0 Å². The summed E-state index contributed by atoms with van der Waals surface area (Å²) in [5.74, 6) is -0.147. The summed E-state index contributed by atoms with van der Waals surface area (Å²) in [5, 5.41) is 3.43. The molecule has 104 valence electrons. The molecule has 1 aromatic rings. The van der Waals surface area contributed by atoms with Gasteiger partial charge in [0, 0.05) is 38.5 Å². The number of hydrogen-bond donors (Lipinski definition) is 1. The quantitative estimate of drug-likeness (QED) is 0.883. The fourth-order valence-corrected chi connectivity index (χ4v) is 2.62. The summed E-state index contributed by atoms with van der Waals surface area (Å²) in [6.45, 7) is 2.56. The second kappa shape index (κ2) is 5.47. The zero-order valence-electron chi connectivity index (χ0n) is 11.4. The molecule has 1 aliphatic heterocycles. The third-order valence-corrected chi connectivity index (χ3v) is 3.96. The molecule has 1 aromatic carbocycles. The summed E-state index contributed by atoms with van der Waals surface area (Å²) >= 11 is 0. The maximum Gasteiger partial charge on any atom is 0.125 e. The van der Waals surface area contributed by atoms with E-state index in [-0.39, 0.29) is 11.9 Å². The molecule has 0 radical (unpaired) electrons. The van der Waals surface area contributed by atoms with Crippen LogP contribution in [0.4, 0.5) is 10.1 Å². The molecule has 1 atom stereocenters. The van der Waals surface area contributed by atoms with E-state index in [0.717, 1.165) is 37.3 Å². The van der Waals surface area contributed by atoms with Crippen molar-refractivity contribution in [1.82, 2.24) is 5.32 Å². The molecule has 0 amide bonds. The number of methoxy groups -OCH3 is 1. The van der Waals surface area contributed by atoms with Crippen molar-refractivity contribution in [3.05, 3.63) is 29.6 Å². The van der Waals surface area contributed by atoms with Crippen LogP contribution < -0.4 is 10.2 Å². The number of anilines is 1. The molecule has 1 aliphatic carbocycles. The van der Waals surface area contributed by atoms with Crippen LogP contribution in [0.2, 0.25) is 0 Å². The van der Waals surface area contributed by atoms with Crippen molar-refractivity contribution in [3.63, 3.8) is 0 Å². The van der Waals surface area contributed by atoms with Crippen LogP contribution in [0, 0.1) is 5.82 Å². The summed E-state index contributed by atoms with van der Waals surface area (Å²) in [5.41, 5.74) is 2.01. The van der Waals surface area contributed by atoms with E-state index in [4.69, 9.17) is 4.74 Å². The number of hydrogen-bond acceptors (Lipinski definition) is 3. The highest BCUT2D eigenvalue weighted by atomic mass is 19.1. The highest BCUT2D eigenvalue weighted by molar-refractivity contribution is 5.50. The predicted octanol–water partition coefficient (Wildman–Crippen LogP) is 2.30. The summed E-state index contributed by atoms with van der Waals surface area (Å²) < 4.78 is 19.1. The molecule has 3 nitrogen and oxygen atoms in total. The predicted molar refractivity (Wildman–Crippen MR) is 73.9 cm³/mol. The van der Waals surface area contributed by atoms with Crippen LogP contribution in [-0.2, 0) is 11.3 Å². The Hall–Kier alpha value is -1.13. The molecule has 2 aliphatic rings. The molecule has 1 saturated heterocycles. The summed E-state index contributed by atoms with van der Waals surface area (Å²) in [4.78, 5) is 2.21. The minimum absolute atomic E-state index is 0.147. The van der Waals surface area contributed by atoms with Crippen LogP contribution in [0.25, 0.3) is 0 Å². The van der Waals surface area contributed by atoms with Crippen molar-refractivity contribution in [2.75, 3.05) is 25.1 Å². The lowest BCUT2D eigenvalue weighted by Gasteiger charge is -2.19. The Morgan fingerprint density at radius 2 is 2.16 bits per heavy atom. The Morgan fingerprint density at radius 1 is 1.32 bits per heavy atom. The highest BCUT2D eigenvalue weighted by Gasteiger charge is 2.23. The standard InChI is InChI=1S/C15H21FN2O/c1-19-15-4-5-18(10-15)14-7-11(6-12(16)8-14)9-17-13-2-3-13/h6-8,13,15,17H,2-5,9-10H2,1H3. The van der Waals surface area contributed by atoms with E-state index in [0.29, 0.717) is 6.04 Å². The zero-order valence-corrected chi connectivity index (χ0v) is 11.4. The molecule has 1 saturated carbocycles. The number of benzene rings is 1. The van der Waals surface area contributed by atoms with Crippen molar-refractivity contribution in [2.45, 2.75) is 38.0 Å². The first-order valence-corrected chi connectivity index (χ1v) is 7.05. The molecule has 3 rings (SSSR count). The lowest BCUT2D eigenvalue weighted by molar-refractivity contribution is 0.121. The summed E-state index contributed by atoms with van der Waals surface area (Å²) in [7, 11) is 1.74. The van der Waals surface area contributed by atoms with E-state index in [2.05, 4.69) is 16.3 Å². The molecular weight excluding hydrogens is 243 g/mol. The highest BCUT2D eigenvalue weighted by Crippen LogP contribution is 2.25. The Kier molecular flexibility index (Phi) is 3.71. The minimum atomic E-state index is -0.147. The van der Waals surface area contributed by atoms with E-state index in [1.807, 2.05) is 0 Å². The monoisotopic (exact) mass is 264 g/mol. The normalized spacial score (nSPS) is 23.1. The van der Waals surface area contributed by atoms with Gasteiger partial charge in [0.25, 0.3) is 0 Å². The van der Waals surface area contributed by atoms with Gasteiger partial charge in [-0.3, -0.25) is 0 Å². The Bertz CT molecular complexity index is 448. The second-order valence-corrected chi connectivity index (χ2v) is 5.57. The molecule has 2 fully saturated rings. The number of rotatable bonds is 5. The van der Waals surface area contributed by atoms with Gasteiger partial charge in [-0.05, 0) is 43.0 Å². The first-order valence-electron chi connectivity index (χ1n) is 7.05. The van der Waals surface area contributed by atoms with Gasteiger partial charge in [-0.15, -0.1) is 0 Å². The van der Waals surface area contributed by atoms with E-state index >= 15 is 0 Å². The van der Waals surface area contributed by atoms with Crippen LogP contribution in [0.15, 0.2) is 18.2 Å². The van der Waals surface area contributed by atoms with Crippen molar-refractivity contribution >= 4 is 5.69 Å². The molecule has 0 spiro atoms. The van der Waals surface area contributed by atoms with Gasteiger partial charge in [0.1, 0.15) is 5.82 Å². The maximum absolute atomic E-state index is 13.7. The molecule has 1 heterocycles. The SMILES string of the molecule is COC1CCN(c2cc(F)cc(CNC3CC3)c2)C1. The van der Waals surface area contributed by atoms with Gasteiger partial charge in [-0.25, -0.2) is 4.39 Å². The average Bonchev–Trinajstić information content (AvgIpc) is 3.11. The third-order valence-electron chi connectivity index (χ3n) is 3.96. The van der Waals surface area contributed by atoms with Gasteiger partial charge < -0.3 is 15.0 Å². The number of ether oxygens (including phenoxy) is 1. The van der Waals surface area contributed by atoms with Crippen molar-refractivity contribution in [2.24, 2.45) is 0 Å². The second-order valence-electron chi connectivity index (χ2n) is 5.57. The average molecular weight is 264 g/mol. The Balaban J connectivity index is 1.69. The lowest BCUT2D eigenvalue weighted by Crippen LogP contribution is -2.23. The summed E-state index contributed by atoms with van der Waals surface area (Å²) in [6.07, 6.45) is 3.80. The van der Waals surface area contributed by atoms with Crippen molar-refractivity contribution in [3.8, 4) is 0 Å². The first kappa shape index (κ1) is 12.9. The van der Waals surface area contributed by atoms with Crippen LogP contribution in [0.1, 0.15) is 24.8 Å². The molecule has 4 heteroatoms. The van der Waals surface area contributed by atoms with Gasteiger partial charge in [0.15, 0.2) is 0 Å². The van der Waals surface area contributed by atoms with Gasteiger partial charge >= 0.3 is 0 Å². The fourth-order valence-electron chi connectivity index (χ4n) is 2.62. The molecule has 1 N–H and O–H groups in total. The first-order chi connectivity index (χ1) is 9.24. The maximum atomic E-state index is 13.7. The van der Waals surface area contributed by atoms with Crippen molar-refractivity contribution in [1.29, 1.82) is 0 Å². The number of halogens is 1. The topological polar surface area (TPSA) is 24.5 Å². The lowest BCUT2D eigenvalue weighted by atomic mass is 10.1. The van der Waals surface area contributed by atoms with E-state index in [1.165, 1.54) is 12.8 Å². The van der Waals surface area contributed by atoms with Crippen LogP contribution in [-0.4, -0.2) is 32.3 Å². The van der Waals surface area contributed by atoms with Gasteiger partial charge in [0.05, 0.1) is 6.10 Å². The number of nitrogens with zero attached hydrogens (tertiary/aromatic N) is 1. The minimum Gasteiger partial charge on any atom is -0.380 e. The molecule has 0 bridgehead atoms. The van der Waals surface area contributed by atoms with Gasteiger partial charge in [-0.1, -0.05) is 0 Å². The van der Waals surface area contributed by atoms with Gasteiger partial charge in [0.2, 0.25) is 0 Å². The third kappa shape index (κ3) is 3.25. The van der Waals surface area contributed by atoms with Crippen LogP contribution in [0.5, 0.6) is 0 Å². The fraction of sp³-hybridized carbons (Fsp3) is 0.600. The largest absolute Gasteiger partial charge is 0.380 e. The Morgan fingerprint density at radius 3 is 2.84 bits per heavy atom. The molecular formula is C15H21FN2O. The number of nitrogens with one attached hydrogen (secondary N) is 1. The van der Waals surface area contributed by atoms with E-state index in [1.54, 1.807) is 19.2 Å². The molecule has 0 aromatic heterocycles. The van der Waals surface area contributed by atoms with E-state index < -0.39 is 0 Å². The summed E-state index contributed by atoms with van der Waals surface area (Å²) in [6, 6.07) is 5.99. The van der Waals surface area contributed by atoms with Crippen LogP contribution >= 0.6 is 0 Å². The van der Waals surface area contributed by atoms with Crippen molar-refractivity contribution < 1.29 is 9.13 Å².